The van der Waals surface area contributed by atoms with Crippen molar-refractivity contribution in [3.63, 3.8) is 0 Å². The molecule has 0 aliphatic carbocycles. The van der Waals surface area contributed by atoms with E-state index in [0.717, 1.165) is 29.1 Å². The van der Waals surface area contributed by atoms with Gasteiger partial charge in [0.05, 0.1) is 19.2 Å². The van der Waals surface area contributed by atoms with Gasteiger partial charge in [-0.1, -0.05) is 37.3 Å². The third-order valence-electron chi connectivity index (χ3n) is 5.04. The summed E-state index contributed by atoms with van der Waals surface area (Å²) < 4.78 is 32.4. The van der Waals surface area contributed by atoms with Crippen molar-refractivity contribution in [2.24, 2.45) is 0 Å². The van der Waals surface area contributed by atoms with Gasteiger partial charge < -0.3 is 9.64 Å². The lowest BCUT2D eigenvalue weighted by atomic mass is 10.0. The Hall–Kier alpha value is -2.23. The lowest BCUT2D eigenvalue weighted by Crippen LogP contribution is -2.35. The fourth-order valence-electron chi connectivity index (χ4n) is 3.59. The second-order valence-electron chi connectivity index (χ2n) is 7.06. The number of benzene rings is 1. The zero-order valence-electron chi connectivity index (χ0n) is 17.1. The minimum atomic E-state index is -3.81. The van der Waals surface area contributed by atoms with Crippen LogP contribution in [0.3, 0.4) is 0 Å². The summed E-state index contributed by atoms with van der Waals surface area (Å²) in [5.74, 6) is -0.618. The van der Waals surface area contributed by atoms with Crippen molar-refractivity contribution in [2.75, 3.05) is 20.2 Å². The SMILES string of the molecule is CCNS(=O)(=O)c1sc2c(c1C(=O)OC)CCN(C(=O)CCCc1ccccc1)C2. The molecule has 1 aromatic carbocycles. The molecule has 0 bridgehead atoms. The number of sulfonamides is 1. The van der Waals surface area contributed by atoms with E-state index in [4.69, 9.17) is 4.74 Å². The summed E-state index contributed by atoms with van der Waals surface area (Å²) in [6.07, 6.45) is 2.46. The first kappa shape index (κ1) is 22.5. The van der Waals surface area contributed by atoms with Gasteiger partial charge >= 0.3 is 5.97 Å². The van der Waals surface area contributed by atoms with Crippen LogP contribution in [0.15, 0.2) is 34.5 Å². The van der Waals surface area contributed by atoms with Crippen molar-refractivity contribution in [3.05, 3.63) is 51.9 Å². The van der Waals surface area contributed by atoms with Gasteiger partial charge in [-0.2, -0.15) is 0 Å². The summed E-state index contributed by atoms with van der Waals surface area (Å²) in [5.41, 5.74) is 1.98. The van der Waals surface area contributed by atoms with Crippen molar-refractivity contribution in [2.45, 2.75) is 43.4 Å². The molecule has 0 fully saturated rings. The Balaban J connectivity index is 1.74. The first-order valence-corrected chi connectivity index (χ1v) is 12.2. The number of ether oxygens (including phenoxy) is 1. The number of hydrogen-bond donors (Lipinski definition) is 1. The van der Waals surface area contributed by atoms with E-state index in [1.807, 2.05) is 30.3 Å². The van der Waals surface area contributed by atoms with Crippen LogP contribution >= 0.6 is 11.3 Å². The van der Waals surface area contributed by atoms with Crippen molar-refractivity contribution in [1.29, 1.82) is 0 Å². The molecule has 30 heavy (non-hydrogen) atoms. The van der Waals surface area contributed by atoms with Crippen molar-refractivity contribution >= 4 is 33.2 Å². The molecule has 1 aliphatic heterocycles. The number of aryl methyl sites for hydroxylation is 1. The minimum absolute atomic E-state index is 0.0282. The lowest BCUT2D eigenvalue weighted by Gasteiger charge is -2.27. The van der Waals surface area contributed by atoms with Crippen LogP contribution in [0.5, 0.6) is 0 Å². The Morgan fingerprint density at radius 1 is 1.23 bits per heavy atom. The fraction of sp³-hybridized carbons (Fsp3) is 0.429. The molecule has 0 unspecified atom stereocenters. The Labute approximate surface area is 181 Å². The number of carbonyl (C=O) groups excluding carboxylic acids is 2. The zero-order chi connectivity index (χ0) is 21.7. The molecule has 162 valence electrons. The highest BCUT2D eigenvalue weighted by Crippen LogP contribution is 2.36. The fourth-order valence-corrected chi connectivity index (χ4v) is 6.58. The van der Waals surface area contributed by atoms with Crippen molar-refractivity contribution in [3.8, 4) is 0 Å². The molecule has 3 rings (SSSR count). The summed E-state index contributed by atoms with van der Waals surface area (Å²) in [6, 6.07) is 10.0. The largest absolute Gasteiger partial charge is 0.465 e. The first-order chi connectivity index (χ1) is 14.4. The van der Waals surface area contributed by atoms with Crippen LogP contribution < -0.4 is 4.72 Å². The normalized spacial score (nSPS) is 13.7. The molecular weight excluding hydrogens is 424 g/mol. The maximum absolute atomic E-state index is 12.7. The number of fused-ring (bicyclic) bond motifs is 1. The third kappa shape index (κ3) is 4.91. The predicted molar refractivity (Wildman–Crippen MR) is 115 cm³/mol. The van der Waals surface area contributed by atoms with Crippen molar-refractivity contribution in [1.82, 2.24) is 9.62 Å². The van der Waals surface area contributed by atoms with Gasteiger partial charge in [-0.05, 0) is 30.4 Å². The molecule has 0 saturated heterocycles. The van der Waals surface area contributed by atoms with E-state index in [1.165, 1.54) is 12.7 Å². The number of carbonyl (C=O) groups is 2. The highest BCUT2D eigenvalue weighted by Gasteiger charge is 2.34. The van der Waals surface area contributed by atoms with Gasteiger partial charge in [0.2, 0.25) is 5.91 Å². The van der Waals surface area contributed by atoms with E-state index in [0.29, 0.717) is 31.5 Å². The summed E-state index contributed by atoms with van der Waals surface area (Å²) in [7, 11) is -2.57. The van der Waals surface area contributed by atoms with E-state index in [9.17, 15) is 18.0 Å². The second-order valence-corrected chi connectivity index (χ2v) is 10.1. The molecule has 0 atom stereocenters. The van der Waals surface area contributed by atoms with Gasteiger partial charge in [0.25, 0.3) is 10.0 Å². The molecule has 2 heterocycles. The predicted octanol–water partition coefficient (Wildman–Crippen LogP) is 2.74. The molecule has 9 heteroatoms. The summed E-state index contributed by atoms with van der Waals surface area (Å²) in [4.78, 5) is 27.5. The number of methoxy groups -OCH3 is 1. The van der Waals surface area contributed by atoms with Crippen LogP contribution in [-0.2, 0) is 38.9 Å². The van der Waals surface area contributed by atoms with Crippen LogP contribution in [-0.4, -0.2) is 45.4 Å². The average molecular weight is 451 g/mol. The molecule has 1 amide bonds. The van der Waals surface area contributed by atoms with Crippen LogP contribution in [0, 0.1) is 0 Å². The molecule has 7 nitrogen and oxygen atoms in total. The number of nitrogens with zero attached hydrogens (tertiary/aromatic N) is 1. The number of hydrogen-bond acceptors (Lipinski definition) is 6. The molecule has 2 aromatic rings. The van der Waals surface area contributed by atoms with Gasteiger partial charge in [0, 0.05) is 24.4 Å². The van der Waals surface area contributed by atoms with Gasteiger partial charge in [-0.15, -0.1) is 11.3 Å². The van der Waals surface area contributed by atoms with Crippen molar-refractivity contribution < 1.29 is 22.7 Å². The Bertz CT molecular complexity index is 1020. The Kier molecular flexibility index (Phi) is 7.27. The molecule has 0 saturated carbocycles. The first-order valence-electron chi connectivity index (χ1n) is 9.91. The van der Waals surface area contributed by atoms with E-state index >= 15 is 0 Å². The quantitative estimate of drug-likeness (QED) is 0.625. The highest BCUT2D eigenvalue weighted by atomic mass is 32.2. The smallest absolute Gasteiger partial charge is 0.340 e. The maximum atomic E-state index is 12.7. The standard InChI is InChI=1S/C21H26N2O5S2/c1-3-22-30(26,27)21-19(20(25)28-2)16-12-13-23(14-17(16)29-21)18(24)11-7-10-15-8-5-4-6-9-15/h4-6,8-9,22H,3,7,10-14H2,1-2H3. The number of amides is 1. The molecule has 1 aliphatic rings. The third-order valence-corrected chi connectivity index (χ3v) is 8.32. The van der Waals surface area contributed by atoms with Crippen LogP contribution in [0.1, 0.15) is 46.1 Å². The maximum Gasteiger partial charge on any atom is 0.340 e. The van der Waals surface area contributed by atoms with E-state index in [2.05, 4.69) is 4.72 Å². The van der Waals surface area contributed by atoms with E-state index in [1.54, 1.807) is 11.8 Å². The number of rotatable bonds is 8. The summed E-state index contributed by atoms with van der Waals surface area (Å²) in [5, 5.41) is 0. The van der Waals surface area contributed by atoms with E-state index in [-0.39, 0.29) is 22.2 Å². The molecular formula is C21H26N2O5S2. The van der Waals surface area contributed by atoms with E-state index < -0.39 is 16.0 Å². The second kappa shape index (κ2) is 9.72. The van der Waals surface area contributed by atoms with Gasteiger partial charge in [-0.3, -0.25) is 4.79 Å². The number of nitrogens with one attached hydrogen (secondary N) is 1. The lowest BCUT2D eigenvalue weighted by molar-refractivity contribution is -0.132. The number of thiophene rings is 1. The van der Waals surface area contributed by atoms with Crippen LogP contribution in [0.4, 0.5) is 0 Å². The summed E-state index contributed by atoms with van der Waals surface area (Å²) in [6.45, 7) is 2.67. The van der Waals surface area contributed by atoms with Gasteiger partial charge in [0.1, 0.15) is 4.21 Å². The molecule has 1 N–H and O–H groups in total. The average Bonchev–Trinajstić information content (AvgIpc) is 3.13. The molecule has 1 aromatic heterocycles. The Morgan fingerprint density at radius 2 is 1.97 bits per heavy atom. The van der Waals surface area contributed by atoms with Crippen LogP contribution in [0.2, 0.25) is 0 Å². The Morgan fingerprint density at radius 3 is 2.63 bits per heavy atom. The minimum Gasteiger partial charge on any atom is -0.465 e. The number of esters is 1. The van der Waals surface area contributed by atoms with Gasteiger partial charge in [-0.25, -0.2) is 17.9 Å². The van der Waals surface area contributed by atoms with Crippen LogP contribution in [0.25, 0.3) is 0 Å². The molecule has 0 spiro atoms. The molecule has 0 radical (unpaired) electrons. The monoisotopic (exact) mass is 450 g/mol. The zero-order valence-corrected chi connectivity index (χ0v) is 18.8. The summed E-state index contributed by atoms with van der Waals surface area (Å²) >= 11 is 1.05. The highest BCUT2D eigenvalue weighted by molar-refractivity contribution is 7.91. The van der Waals surface area contributed by atoms with Gasteiger partial charge in [0.15, 0.2) is 0 Å². The topological polar surface area (TPSA) is 92.8 Å².